The van der Waals surface area contributed by atoms with E-state index in [1.54, 1.807) is 0 Å². The molecule has 90 valence electrons. The number of carboxylic acids is 1. The standard InChI is InChI=1S/C13H16N2O2/c1-8(2)13-12-9(7-11(16)17)5-4-6-10(12)15(3)14-13/h4-6,8H,7H2,1-3H3,(H,16,17). The summed E-state index contributed by atoms with van der Waals surface area (Å²) >= 11 is 0. The predicted octanol–water partition coefficient (Wildman–Crippen LogP) is 2.32. The molecule has 1 N–H and O–H groups in total. The molecule has 0 aliphatic heterocycles. The molecule has 1 aromatic heterocycles. The van der Waals surface area contributed by atoms with E-state index >= 15 is 0 Å². The van der Waals surface area contributed by atoms with Crippen LogP contribution < -0.4 is 0 Å². The van der Waals surface area contributed by atoms with E-state index in [0.717, 1.165) is 22.2 Å². The van der Waals surface area contributed by atoms with Crippen LogP contribution in [0.3, 0.4) is 0 Å². The van der Waals surface area contributed by atoms with Crippen LogP contribution in [0.1, 0.15) is 31.0 Å². The zero-order chi connectivity index (χ0) is 12.6. The van der Waals surface area contributed by atoms with Gasteiger partial charge in [-0.05, 0) is 17.5 Å². The number of aryl methyl sites for hydroxylation is 1. The minimum absolute atomic E-state index is 0.0444. The summed E-state index contributed by atoms with van der Waals surface area (Å²) in [6.45, 7) is 4.14. The summed E-state index contributed by atoms with van der Waals surface area (Å²) in [5, 5.41) is 14.4. The Morgan fingerprint density at radius 3 is 2.76 bits per heavy atom. The second-order valence-corrected chi connectivity index (χ2v) is 4.55. The molecule has 0 aliphatic carbocycles. The number of aliphatic carboxylic acids is 1. The smallest absolute Gasteiger partial charge is 0.307 e. The second-order valence-electron chi connectivity index (χ2n) is 4.55. The maximum absolute atomic E-state index is 10.9. The van der Waals surface area contributed by atoms with Gasteiger partial charge in [-0.2, -0.15) is 5.10 Å². The Bertz CT molecular complexity index is 570. The van der Waals surface area contributed by atoms with Gasteiger partial charge >= 0.3 is 5.97 Å². The van der Waals surface area contributed by atoms with Gasteiger partial charge in [-0.15, -0.1) is 0 Å². The molecular weight excluding hydrogens is 216 g/mol. The summed E-state index contributed by atoms with van der Waals surface area (Å²) in [5.41, 5.74) is 2.80. The quantitative estimate of drug-likeness (QED) is 0.883. The first-order chi connectivity index (χ1) is 8.00. The van der Waals surface area contributed by atoms with Gasteiger partial charge in [0.1, 0.15) is 0 Å². The normalized spacial score (nSPS) is 11.3. The summed E-state index contributed by atoms with van der Waals surface area (Å²) in [6.07, 6.45) is 0.0444. The molecule has 0 aliphatic rings. The van der Waals surface area contributed by atoms with Crippen LogP contribution in [0, 0.1) is 0 Å². The van der Waals surface area contributed by atoms with Crippen molar-refractivity contribution in [3.05, 3.63) is 29.5 Å². The van der Waals surface area contributed by atoms with E-state index in [1.807, 2.05) is 29.9 Å². The molecule has 4 heteroatoms. The zero-order valence-corrected chi connectivity index (χ0v) is 10.3. The Morgan fingerprint density at radius 2 is 2.18 bits per heavy atom. The highest BCUT2D eigenvalue weighted by Crippen LogP contribution is 2.27. The minimum Gasteiger partial charge on any atom is -0.481 e. The summed E-state index contributed by atoms with van der Waals surface area (Å²) in [5.74, 6) is -0.523. The molecule has 4 nitrogen and oxygen atoms in total. The van der Waals surface area contributed by atoms with Gasteiger partial charge in [0.15, 0.2) is 0 Å². The van der Waals surface area contributed by atoms with E-state index < -0.39 is 5.97 Å². The number of fused-ring (bicyclic) bond motifs is 1. The van der Waals surface area contributed by atoms with Crippen LogP contribution in [0.25, 0.3) is 10.9 Å². The number of rotatable bonds is 3. The number of hydrogen-bond donors (Lipinski definition) is 1. The van der Waals surface area contributed by atoms with Crippen molar-refractivity contribution in [3.8, 4) is 0 Å². The van der Waals surface area contributed by atoms with E-state index in [9.17, 15) is 4.79 Å². The van der Waals surface area contributed by atoms with Crippen molar-refractivity contribution in [2.45, 2.75) is 26.2 Å². The number of aromatic nitrogens is 2. The Morgan fingerprint density at radius 1 is 1.47 bits per heavy atom. The topological polar surface area (TPSA) is 55.1 Å². The van der Waals surface area contributed by atoms with Crippen molar-refractivity contribution < 1.29 is 9.90 Å². The molecule has 0 fully saturated rings. The van der Waals surface area contributed by atoms with Crippen molar-refractivity contribution in [1.82, 2.24) is 9.78 Å². The Labute approximate surface area is 99.9 Å². The largest absolute Gasteiger partial charge is 0.481 e. The van der Waals surface area contributed by atoms with Crippen LogP contribution in [0.2, 0.25) is 0 Å². The van der Waals surface area contributed by atoms with Crippen LogP contribution in [0.4, 0.5) is 0 Å². The van der Waals surface area contributed by atoms with Crippen LogP contribution in [-0.2, 0) is 18.3 Å². The van der Waals surface area contributed by atoms with E-state index in [4.69, 9.17) is 5.11 Å². The summed E-state index contributed by atoms with van der Waals surface area (Å²) in [6, 6.07) is 5.72. The van der Waals surface area contributed by atoms with Crippen molar-refractivity contribution in [2.24, 2.45) is 7.05 Å². The van der Waals surface area contributed by atoms with E-state index in [2.05, 4.69) is 18.9 Å². The minimum atomic E-state index is -0.809. The fraction of sp³-hybridized carbons (Fsp3) is 0.385. The lowest BCUT2D eigenvalue weighted by Gasteiger charge is -2.04. The highest BCUT2D eigenvalue weighted by Gasteiger charge is 2.16. The van der Waals surface area contributed by atoms with Gasteiger partial charge in [-0.1, -0.05) is 26.0 Å². The van der Waals surface area contributed by atoms with E-state index in [0.29, 0.717) is 0 Å². The monoisotopic (exact) mass is 232 g/mol. The van der Waals surface area contributed by atoms with Crippen molar-refractivity contribution in [2.75, 3.05) is 0 Å². The summed E-state index contributed by atoms with van der Waals surface area (Å²) in [4.78, 5) is 10.9. The van der Waals surface area contributed by atoms with Crippen LogP contribution in [-0.4, -0.2) is 20.9 Å². The lowest BCUT2D eigenvalue weighted by Crippen LogP contribution is -2.01. The highest BCUT2D eigenvalue weighted by molar-refractivity contribution is 5.89. The van der Waals surface area contributed by atoms with E-state index in [-0.39, 0.29) is 12.3 Å². The fourth-order valence-electron chi connectivity index (χ4n) is 2.13. The van der Waals surface area contributed by atoms with Gasteiger partial charge in [-0.3, -0.25) is 9.48 Å². The molecule has 17 heavy (non-hydrogen) atoms. The van der Waals surface area contributed by atoms with Gasteiger partial charge < -0.3 is 5.11 Å². The molecule has 2 rings (SSSR count). The Hall–Kier alpha value is -1.84. The van der Waals surface area contributed by atoms with Crippen LogP contribution >= 0.6 is 0 Å². The molecule has 0 bridgehead atoms. The Kier molecular flexibility index (Phi) is 2.88. The molecule has 0 unspecified atom stereocenters. The van der Waals surface area contributed by atoms with E-state index in [1.165, 1.54) is 0 Å². The first kappa shape index (κ1) is 11.6. The van der Waals surface area contributed by atoms with Crippen LogP contribution in [0.15, 0.2) is 18.2 Å². The highest BCUT2D eigenvalue weighted by atomic mass is 16.4. The maximum Gasteiger partial charge on any atom is 0.307 e. The van der Waals surface area contributed by atoms with Gasteiger partial charge in [0, 0.05) is 12.4 Å². The van der Waals surface area contributed by atoms with Crippen LogP contribution in [0.5, 0.6) is 0 Å². The molecule has 2 aromatic rings. The third-order valence-electron chi connectivity index (χ3n) is 2.88. The average Bonchev–Trinajstić information content (AvgIpc) is 2.57. The second kappa shape index (κ2) is 4.20. The van der Waals surface area contributed by atoms with Crippen molar-refractivity contribution >= 4 is 16.9 Å². The number of hydrogen-bond acceptors (Lipinski definition) is 2. The SMILES string of the molecule is CC(C)c1nn(C)c2cccc(CC(=O)O)c12. The molecule has 0 radical (unpaired) electrons. The molecule has 0 amide bonds. The lowest BCUT2D eigenvalue weighted by atomic mass is 10.00. The molecule has 1 aromatic carbocycles. The van der Waals surface area contributed by atoms with Crippen molar-refractivity contribution in [1.29, 1.82) is 0 Å². The molecule has 0 spiro atoms. The predicted molar refractivity (Wildman–Crippen MR) is 66.1 cm³/mol. The number of carboxylic acid groups (broad SMARTS) is 1. The zero-order valence-electron chi connectivity index (χ0n) is 10.3. The van der Waals surface area contributed by atoms with Gasteiger partial charge in [0.2, 0.25) is 0 Å². The lowest BCUT2D eigenvalue weighted by molar-refractivity contribution is -0.136. The molecule has 0 saturated carbocycles. The number of carbonyl (C=O) groups is 1. The van der Waals surface area contributed by atoms with Crippen molar-refractivity contribution in [3.63, 3.8) is 0 Å². The third-order valence-corrected chi connectivity index (χ3v) is 2.88. The molecular formula is C13H16N2O2. The molecule has 0 atom stereocenters. The first-order valence-corrected chi connectivity index (χ1v) is 5.67. The Balaban J connectivity index is 2.71. The maximum atomic E-state index is 10.9. The molecule has 1 heterocycles. The summed E-state index contributed by atoms with van der Waals surface area (Å²) < 4.78 is 1.82. The summed E-state index contributed by atoms with van der Waals surface area (Å²) in [7, 11) is 1.89. The third kappa shape index (κ3) is 2.02. The van der Waals surface area contributed by atoms with Gasteiger partial charge in [0.05, 0.1) is 17.6 Å². The fourth-order valence-corrected chi connectivity index (χ4v) is 2.13. The number of nitrogens with zero attached hydrogens (tertiary/aromatic N) is 2. The van der Waals surface area contributed by atoms with Gasteiger partial charge in [-0.25, -0.2) is 0 Å². The first-order valence-electron chi connectivity index (χ1n) is 5.67. The number of benzene rings is 1. The van der Waals surface area contributed by atoms with Gasteiger partial charge in [0.25, 0.3) is 0 Å². The molecule has 0 saturated heterocycles. The average molecular weight is 232 g/mol.